The quantitative estimate of drug-likeness (QED) is 0.778. The molecule has 6 heteroatoms. The maximum atomic E-state index is 11.9. The summed E-state index contributed by atoms with van der Waals surface area (Å²) in [6.07, 6.45) is 0.638. The van der Waals surface area contributed by atoms with Gasteiger partial charge in [0, 0.05) is 13.6 Å². The summed E-state index contributed by atoms with van der Waals surface area (Å²) in [5.41, 5.74) is 0.978. The highest BCUT2D eigenvalue weighted by atomic mass is 32.2. The number of rotatable bonds is 4. The lowest BCUT2D eigenvalue weighted by atomic mass is 10.1. The molecule has 19 heavy (non-hydrogen) atoms. The molecule has 0 spiro atoms. The third-order valence-electron chi connectivity index (χ3n) is 3.27. The Bertz CT molecular complexity index is 565. The molecule has 1 fully saturated rings. The minimum Gasteiger partial charge on any atom is -0.345 e. The maximum Gasteiger partial charge on any atom is 0.296 e. The molecule has 1 unspecified atom stereocenters. The van der Waals surface area contributed by atoms with Crippen LogP contribution in [0.2, 0.25) is 0 Å². The summed E-state index contributed by atoms with van der Waals surface area (Å²) in [4.78, 5) is 13.4. The highest BCUT2D eigenvalue weighted by molar-refractivity contribution is 7.86. The second-order valence-corrected chi connectivity index (χ2v) is 6.41. The second kappa shape index (κ2) is 5.30. The molecular formula is C13H17NO4S. The van der Waals surface area contributed by atoms with Gasteiger partial charge in [0.2, 0.25) is 5.91 Å². The van der Waals surface area contributed by atoms with Crippen LogP contribution in [0.3, 0.4) is 0 Å². The van der Waals surface area contributed by atoms with Crippen LogP contribution in [0.5, 0.6) is 0 Å². The number of likely N-dealkylation sites (tertiary alicyclic amines) is 1. The molecule has 1 aromatic rings. The van der Waals surface area contributed by atoms with E-state index in [4.69, 9.17) is 4.18 Å². The molecule has 1 saturated heterocycles. The molecule has 5 nitrogen and oxygen atoms in total. The summed E-state index contributed by atoms with van der Waals surface area (Å²) in [6.45, 7) is 2.45. The van der Waals surface area contributed by atoms with Crippen molar-refractivity contribution < 1.29 is 17.4 Å². The van der Waals surface area contributed by atoms with Crippen LogP contribution in [0.1, 0.15) is 12.0 Å². The van der Waals surface area contributed by atoms with Crippen LogP contribution in [-0.4, -0.2) is 39.4 Å². The Morgan fingerprint density at radius 2 is 1.95 bits per heavy atom. The molecule has 0 radical (unpaired) electrons. The Balaban J connectivity index is 2.02. The zero-order chi connectivity index (χ0) is 14.0. The van der Waals surface area contributed by atoms with E-state index in [1.165, 1.54) is 12.1 Å². The molecule has 2 rings (SSSR count). The molecule has 0 aromatic heterocycles. The van der Waals surface area contributed by atoms with E-state index in [2.05, 4.69) is 0 Å². The van der Waals surface area contributed by atoms with Crippen molar-refractivity contribution >= 4 is 16.0 Å². The van der Waals surface area contributed by atoms with Crippen molar-refractivity contribution in [3.05, 3.63) is 29.8 Å². The van der Waals surface area contributed by atoms with E-state index < -0.39 is 10.1 Å². The maximum absolute atomic E-state index is 11.9. The van der Waals surface area contributed by atoms with E-state index in [-0.39, 0.29) is 23.3 Å². The van der Waals surface area contributed by atoms with E-state index in [0.717, 1.165) is 5.56 Å². The number of aryl methyl sites for hydroxylation is 1. The van der Waals surface area contributed by atoms with Crippen molar-refractivity contribution in [1.29, 1.82) is 0 Å². The van der Waals surface area contributed by atoms with Gasteiger partial charge in [0.05, 0.1) is 17.4 Å². The predicted molar refractivity (Wildman–Crippen MR) is 70.1 cm³/mol. The van der Waals surface area contributed by atoms with Crippen molar-refractivity contribution in [3.63, 3.8) is 0 Å². The molecule has 0 N–H and O–H groups in total. The second-order valence-electron chi connectivity index (χ2n) is 4.80. The average Bonchev–Trinajstić information content (AvgIpc) is 2.68. The van der Waals surface area contributed by atoms with Crippen molar-refractivity contribution in [3.8, 4) is 0 Å². The zero-order valence-electron chi connectivity index (χ0n) is 11.0. The number of hydrogen-bond donors (Lipinski definition) is 0. The van der Waals surface area contributed by atoms with Crippen LogP contribution >= 0.6 is 0 Å². The number of hydrogen-bond acceptors (Lipinski definition) is 4. The van der Waals surface area contributed by atoms with Crippen molar-refractivity contribution in [2.24, 2.45) is 5.92 Å². The Kier molecular flexibility index (Phi) is 3.91. The lowest BCUT2D eigenvalue weighted by molar-refractivity contribution is -0.130. The summed E-state index contributed by atoms with van der Waals surface area (Å²) in [5, 5.41) is 0. The molecule has 1 aliphatic rings. The molecule has 1 heterocycles. The fraction of sp³-hybridized carbons (Fsp3) is 0.462. The van der Waals surface area contributed by atoms with Crippen LogP contribution in [0.15, 0.2) is 29.2 Å². The first-order valence-corrected chi connectivity index (χ1v) is 7.52. The van der Waals surface area contributed by atoms with E-state index in [0.29, 0.717) is 13.0 Å². The first-order valence-electron chi connectivity index (χ1n) is 6.11. The molecule has 0 aliphatic carbocycles. The van der Waals surface area contributed by atoms with Gasteiger partial charge < -0.3 is 4.90 Å². The third-order valence-corrected chi connectivity index (χ3v) is 4.57. The highest BCUT2D eigenvalue weighted by Gasteiger charge is 2.31. The Labute approximate surface area is 113 Å². The van der Waals surface area contributed by atoms with Gasteiger partial charge in [-0.1, -0.05) is 17.7 Å². The van der Waals surface area contributed by atoms with Gasteiger partial charge in [0.15, 0.2) is 0 Å². The SMILES string of the molecule is Cc1ccc(S(=O)(=O)OCC2CCN(C)C2=O)cc1. The van der Waals surface area contributed by atoms with Crippen LogP contribution in [0.25, 0.3) is 0 Å². The summed E-state index contributed by atoms with van der Waals surface area (Å²) in [6, 6.07) is 6.44. The third kappa shape index (κ3) is 3.13. The average molecular weight is 283 g/mol. The fourth-order valence-electron chi connectivity index (χ4n) is 1.99. The smallest absolute Gasteiger partial charge is 0.296 e. The minimum atomic E-state index is -3.78. The molecule has 1 atom stereocenters. The number of nitrogens with zero attached hydrogens (tertiary/aromatic N) is 1. The summed E-state index contributed by atoms with van der Waals surface area (Å²) < 4.78 is 28.9. The molecule has 104 valence electrons. The molecule has 1 aromatic carbocycles. The Morgan fingerprint density at radius 3 is 2.47 bits per heavy atom. The highest BCUT2D eigenvalue weighted by Crippen LogP contribution is 2.20. The minimum absolute atomic E-state index is 0.0564. The number of amides is 1. The Hall–Kier alpha value is -1.40. The van der Waals surface area contributed by atoms with Crippen LogP contribution in [-0.2, 0) is 19.1 Å². The van der Waals surface area contributed by atoms with Crippen LogP contribution in [0.4, 0.5) is 0 Å². The van der Waals surface area contributed by atoms with Gasteiger partial charge in [-0.3, -0.25) is 8.98 Å². The van der Waals surface area contributed by atoms with Gasteiger partial charge >= 0.3 is 0 Å². The van der Waals surface area contributed by atoms with Gasteiger partial charge in [0.1, 0.15) is 0 Å². The van der Waals surface area contributed by atoms with Crippen LogP contribution < -0.4 is 0 Å². The van der Waals surface area contributed by atoms with E-state index in [1.54, 1.807) is 24.1 Å². The van der Waals surface area contributed by atoms with Crippen molar-refractivity contribution in [1.82, 2.24) is 4.90 Å². The van der Waals surface area contributed by atoms with Gasteiger partial charge in [0.25, 0.3) is 10.1 Å². The van der Waals surface area contributed by atoms with Gasteiger partial charge in [-0.05, 0) is 25.5 Å². The molecule has 1 aliphatic heterocycles. The molecule has 1 amide bonds. The lowest BCUT2D eigenvalue weighted by Crippen LogP contribution is -2.25. The summed E-state index contributed by atoms with van der Waals surface area (Å²) in [7, 11) is -2.07. The molecule has 0 bridgehead atoms. The Morgan fingerprint density at radius 1 is 1.32 bits per heavy atom. The van der Waals surface area contributed by atoms with E-state index in [1.807, 2.05) is 6.92 Å². The summed E-state index contributed by atoms with van der Waals surface area (Å²) in [5.74, 6) is -0.413. The topological polar surface area (TPSA) is 63.7 Å². The summed E-state index contributed by atoms with van der Waals surface area (Å²) >= 11 is 0. The monoisotopic (exact) mass is 283 g/mol. The number of carbonyl (C=O) groups excluding carboxylic acids is 1. The zero-order valence-corrected chi connectivity index (χ0v) is 11.8. The largest absolute Gasteiger partial charge is 0.345 e. The first-order chi connectivity index (χ1) is 8.90. The van der Waals surface area contributed by atoms with E-state index in [9.17, 15) is 13.2 Å². The number of carbonyl (C=O) groups is 1. The predicted octanol–water partition coefficient (Wildman–Crippen LogP) is 1.18. The number of benzene rings is 1. The normalized spacial score (nSPS) is 20.0. The molecular weight excluding hydrogens is 266 g/mol. The first kappa shape index (κ1) is 14.0. The van der Waals surface area contributed by atoms with Crippen LogP contribution in [0, 0.1) is 12.8 Å². The fourth-order valence-corrected chi connectivity index (χ4v) is 2.94. The van der Waals surface area contributed by atoms with Crippen molar-refractivity contribution in [2.75, 3.05) is 20.2 Å². The molecule has 0 saturated carbocycles. The van der Waals surface area contributed by atoms with Gasteiger partial charge in [-0.2, -0.15) is 8.42 Å². The van der Waals surface area contributed by atoms with E-state index >= 15 is 0 Å². The van der Waals surface area contributed by atoms with Gasteiger partial charge in [-0.25, -0.2) is 0 Å². The van der Waals surface area contributed by atoms with Crippen molar-refractivity contribution in [2.45, 2.75) is 18.2 Å². The lowest BCUT2D eigenvalue weighted by Gasteiger charge is -2.11. The van der Waals surface area contributed by atoms with Gasteiger partial charge in [-0.15, -0.1) is 0 Å². The standard InChI is InChI=1S/C13H17NO4S/c1-10-3-5-12(6-4-10)19(16,17)18-9-11-7-8-14(2)13(11)15/h3-6,11H,7-9H2,1-2H3.